The molecule has 0 aliphatic heterocycles. The maximum Gasteiger partial charge on any atom is 0.338 e. The molecular formula is C12H11ClN2O4S2. The number of ether oxygens (including phenoxy) is 1. The van der Waals surface area contributed by atoms with Gasteiger partial charge in [-0.05, 0) is 17.7 Å². The molecule has 21 heavy (non-hydrogen) atoms. The molecule has 0 aliphatic rings. The Balaban J connectivity index is 1.98. The molecule has 6 nitrogen and oxygen atoms in total. The summed E-state index contributed by atoms with van der Waals surface area (Å²) in [7, 11) is -3.10. The standard InChI is InChI=1S/C12H11ClN2O4S2/c1-21(17,18)7-8-2-4-9(5-3-8)12(16)19-6-10-11(13)20-15-14-10/h2-5H,6-7H2,1H3. The lowest BCUT2D eigenvalue weighted by Crippen LogP contribution is -2.06. The first-order chi connectivity index (χ1) is 9.85. The van der Waals surface area contributed by atoms with Crippen molar-refractivity contribution >= 4 is 38.9 Å². The van der Waals surface area contributed by atoms with Gasteiger partial charge >= 0.3 is 5.97 Å². The van der Waals surface area contributed by atoms with Crippen LogP contribution in [-0.4, -0.2) is 30.2 Å². The van der Waals surface area contributed by atoms with Crippen LogP contribution in [0.4, 0.5) is 0 Å². The second-order valence-corrected chi connectivity index (χ2v) is 7.83. The van der Waals surface area contributed by atoms with Crippen LogP contribution in [0.2, 0.25) is 4.34 Å². The van der Waals surface area contributed by atoms with E-state index in [0.717, 1.165) is 17.8 Å². The van der Waals surface area contributed by atoms with E-state index < -0.39 is 15.8 Å². The molecule has 0 bridgehead atoms. The van der Waals surface area contributed by atoms with Crippen molar-refractivity contribution in [1.82, 2.24) is 9.59 Å². The predicted molar refractivity (Wildman–Crippen MR) is 79.0 cm³/mol. The van der Waals surface area contributed by atoms with Gasteiger partial charge < -0.3 is 4.74 Å². The van der Waals surface area contributed by atoms with Crippen molar-refractivity contribution in [3.05, 3.63) is 45.4 Å². The van der Waals surface area contributed by atoms with Crippen molar-refractivity contribution in [2.45, 2.75) is 12.4 Å². The van der Waals surface area contributed by atoms with Gasteiger partial charge in [0.05, 0.1) is 11.3 Å². The smallest absolute Gasteiger partial charge is 0.338 e. The van der Waals surface area contributed by atoms with E-state index in [4.69, 9.17) is 16.3 Å². The molecule has 0 spiro atoms. The van der Waals surface area contributed by atoms with Crippen molar-refractivity contribution < 1.29 is 17.9 Å². The van der Waals surface area contributed by atoms with Crippen molar-refractivity contribution in [3.8, 4) is 0 Å². The summed E-state index contributed by atoms with van der Waals surface area (Å²) >= 11 is 6.81. The van der Waals surface area contributed by atoms with Gasteiger partial charge in [0.15, 0.2) is 9.84 Å². The zero-order valence-corrected chi connectivity index (χ0v) is 13.3. The average Bonchev–Trinajstić information content (AvgIpc) is 2.80. The highest BCUT2D eigenvalue weighted by Crippen LogP contribution is 2.18. The zero-order valence-electron chi connectivity index (χ0n) is 10.9. The largest absolute Gasteiger partial charge is 0.455 e. The Bertz CT molecular complexity index is 741. The Morgan fingerprint density at radius 1 is 1.33 bits per heavy atom. The van der Waals surface area contributed by atoms with Gasteiger partial charge in [0.2, 0.25) is 0 Å². The van der Waals surface area contributed by atoms with Gasteiger partial charge in [-0.25, -0.2) is 13.2 Å². The Kier molecular flexibility index (Phi) is 4.92. The van der Waals surface area contributed by atoms with Crippen LogP contribution in [0.3, 0.4) is 0 Å². The number of hydrogen-bond acceptors (Lipinski definition) is 7. The van der Waals surface area contributed by atoms with Gasteiger partial charge in [-0.3, -0.25) is 0 Å². The quantitative estimate of drug-likeness (QED) is 0.770. The van der Waals surface area contributed by atoms with Crippen LogP contribution in [0, 0.1) is 0 Å². The van der Waals surface area contributed by atoms with Crippen LogP contribution in [0.15, 0.2) is 24.3 Å². The first-order valence-corrected chi connectivity index (χ1v) is 8.97. The van der Waals surface area contributed by atoms with Crippen LogP contribution in [0.5, 0.6) is 0 Å². The number of halogens is 1. The van der Waals surface area contributed by atoms with Gasteiger partial charge in [-0.15, -0.1) is 5.10 Å². The number of rotatable bonds is 5. The molecule has 0 N–H and O–H groups in total. The van der Waals surface area contributed by atoms with Crippen LogP contribution in [-0.2, 0) is 26.9 Å². The van der Waals surface area contributed by atoms with Gasteiger partial charge in [0.1, 0.15) is 16.6 Å². The fourth-order valence-electron chi connectivity index (χ4n) is 1.54. The summed E-state index contributed by atoms with van der Waals surface area (Å²) in [5.74, 6) is -0.604. The van der Waals surface area contributed by atoms with Gasteiger partial charge in [-0.2, -0.15) is 0 Å². The Hall–Kier alpha value is -1.51. The molecule has 0 radical (unpaired) electrons. The van der Waals surface area contributed by atoms with E-state index in [1.54, 1.807) is 12.1 Å². The molecule has 2 rings (SSSR count). The molecule has 0 amide bonds. The number of carbonyl (C=O) groups excluding carboxylic acids is 1. The minimum atomic E-state index is -3.10. The maximum absolute atomic E-state index is 11.8. The summed E-state index contributed by atoms with van der Waals surface area (Å²) < 4.78 is 31.4. The van der Waals surface area contributed by atoms with Crippen LogP contribution in [0.1, 0.15) is 21.6 Å². The second kappa shape index (κ2) is 6.50. The predicted octanol–water partition coefficient (Wildman–Crippen LogP) is 2.09. The van der Waals surface area contributed by atoms with E-state index in [0.29, 0.717) is 21.2 Å². The lowest BCUT2D eigenvalue weighted by Gasteiger charge is -2.04. The normalized spacial score (nSPS) is 11.3. The fourth-order valence-corrected chi connectivity index (χ4v) is 2.94. The van der Waals surface area contributed by atoms with Crippen LogP contribution < -0.4 is 0 Å². The van der Waals surface area contributed by atoms with E-state index in [-0.39, 0.29) is 12.4 Å². The molecule has 2 aromatic rings. The summed E-state index contributed by atoms with van der Waals surface area (Å²) in [6.07, 6.45) is 1.15. The zero-order chi connectivity index (χ0) is 15.5. The number of hydrogen-bond donors (Lipinski definition) is 0. The molecule has 0 atom stereocenters. The van der Waals surface area contributed by atoms with Crippen LogP contribution in [0.25, 0.3) is 0 Å². The van der Waals surface area contributed by atoms with E-state index in [1.165, 1.54) is 12.1 Å². The lowest BCUT2D eigenvalue weighted by atomic mass is 10.1. The molecule has 1 aromatic heterocycles. The minimum absolute atomic E-state index is 0.0563. The summed E-state index contributed by atoms with van der Waals surface area (Å²) in [6, 6.07) is 6.19. The molecule has 0 aliphatic carbocycles. The molecule has 1 heterocycles. The SMILES string of the molecule is CS(=O)(=O)Cc1ccc(C(=O)OCc2nnsc2Cl)cc1. The van der Waals surface area contributed by atoms with E-state index in [9.17, 15) is 13.2 Å². The van der Waals surface area contributed by atoms with E-state index in [1.807, 2.05) is 0 Å². The maximum atomic E-state index is 11.8. The molecular weight excluding hydrogens is 336 g/mol. The molecule has 0 saturated heterocycles. The summed E-state index contributed by atoms with van der Waals surface area (Å²) in [5, 5.41) is 3.73. The van der Waals surface area contributed by atoms with Gasteiger partial charge in [0, 0.05) is 17.8 Å². The Labute approximate surface area is 130 Å². The van der Waals surface area contributed by atoms with Gasteiger partial charge in [-0.1, -0.05) is 28.2 Å². The molecule has 112 valence electrons. The number of nitrogens with zero attached hydrogens (tertiary/aromatic N) is 2. The summed E-state index contributed by atoms with van der Waals surface area (Å²) in [4.78, 5) is 11.8. The molecule has 0 saturated carbocycles. The Morgan fingerprint density at radius 2 is 2.00 bits per heavy atom. The molecule has 1 aromatic carbocycles. The van der Waals surface area contributed by atoms with Crippen molar-refractivity contribution in [2.24, 2.45) is 0 Å². The summed E-state index contributed by atoms with van der Waals surface area (Å²) in [6.45, 7) is -0.0563. The van der Waals surface area contributed by atoms with Crippen molar-refractivity contribution in [1.29, 1.82) is 0 Å². The first kappa shape index (κ1) is 15.9. The number of carbonyl (C=O) groups is 1. The van der Waals surface area contributed by atoms with E-state index in [2.05, 4.69) is 9.59 Å². The third kappa shape index (κ3) is 4.76. The number of sulfone groups is 1. The van der Waals surface area contributed by atoms with Crippen molar-refractivity contribution in [3.63, 3.8) is 0 Å². The topological polar surface area (TPSA) is 86.2 Å². The first-order valence-electron chi connectivity index (χ1n) is 5.75. The summed E-state index contributed by atoms with van der Waals surface area (Å²) in [5.41, 5.74) is 1.34. The minimum Gasteiger partial charge on any atom is -0.455 e. The number of aromatic nitrogens is 2. The highest BCUT2D eigenvalue weighted by Gasteiger charge is 2.12. The third-order valence-electron chi connectivity index (χ3n) is 2.47. The number of esters is 1. The van der Waals surface area contributed by atoms with Crippen molar-refractivity contribution in [2.75, 3.05) is 6.26 Å². The molecule has 9 heteroatoms. The second-order valence-electron chi connectivity index (χ2n) is 4.34. The van der Waals surface area contributed by atoms with Crippen LogP contribution >= 0.6 is 23.1 Å². The lowest BCUT2D eigenvalue weighted by molar-refractivity contribution is 0.0468. The highest BCUT2D eigenvalue weighted by atomic mass is 35.5. The van der Waals surface area contributed by atoms with Gasteiger partial charge in [0.25, 0.3) is 0 Å². The highest BCUT2D eigenvalue weighted by molar-refractivity contribution is 7.89. The molecule has 0 fully saturated rings. The monoisotopic (exact) mass is 346 g/mol. The third-order valence-corrected chi connectivity index (χ3v) is 4.31. The number of benzene rings is 1. The fraction of sp³-hybridized carbons (Fsp3) is 0.250. The average molecular weight is 347 g/mol. The molecule has 0 unspecified atom stereocenters. The Morgan fingerprint density at radius 3 is 2.52 bits per heavy atom. The van der Waals surface area contributed by atoms with E-state index >= 15 is 0 Å².